The van der Waals surface area contributed by atoms with E-state index in [0.717, 1.165) is 87.7 Å². The van der Waals surface area contributed by atoms with E-state index in [4.69, 9.17) is 21.1 Å². The van der Waals surface area contributed by atoms with Crippen molar-refractivity contribution in [2.75, 3.05) is 114 Å². The third-order valence-electron chi connectivity index (χ3n) is 15.1. The summed E-state index contributed by atoms with van der Waals surface area (Å²) < 4.78 is 110. The third kappa shape index (κ3) is 16.4. The monoisotopic (exact) mass is 1170 g/mol. The number of alkyl halides is 3. The standard InChI is InChI=1S/C57H73ClF3N7O8S3/c1-55(2,3)76-54(70)68-32-26-65(27-33-68)25-23-56(4)22-20-50(42-10-14-45(58)15-11-42)44(39-56)40-66-28-30-67(31-29-66)47-16-12-43(13-17-47)53(69)63-79(73,74)49-18-19-51(52(38-49)78(71,72)57(59,60)61)62-46(21-24-64-34-36-75-37-35-64)41-77-48-8-6-5-7-9-48/h5-19,38,46,62H,20-37,39-41H2,1-4H3,(H,63,69)/t46-,56?/m1/s1. The van der Waals surface area contributed by atoms with Gasteiger partial charge in [0.25, 0.3) is 25.8 Å². The van der Waals surface area contributed by atoms with Gasteiger partial charge < -0.3 is 24.6 Å². The summed E-state index contributed by atoms with van der Waals surface area (Å²) in [6.45, 7) is 18.7. The first-order valence-electron chi connectivity index (χ1n) is 27.0. The smallest absolute Gasteiger partial charge is 0.444 e. The number of hydrogen-bond donors (Lipinski definition) is 2. The molecule has 2 atom stereocenters. The van der Waals surface area contributed by atoms with Crippen LogP contribution in [0.5, 0.6) is 0 Å². The van der Waals surface area contributed by atoms with Crippen molar-refractivity contribution >= 4 is 72.2 Å². The Labute approximate surface area is 473 Å². The first kappa shape index (κ1) is 60.2. The number of sulfonamides is 1. The zero-order valence-corrected chi connectivity index (χ0v) is 48.6. The van der Waals surface area contributed by atoms with Gasteiger partial charge in [-0.15, -0.1) is 11.8 Å². The SMILES string of the molecule is CC1(CCN2CCN(C(=O)OC(C)(C)C)CC2)CCC(c2ccc(Cl)cc2)=C(CN2CCN(c3ccc(C(=O)NS(=O)(=O)c4ccc(N[C@H](CCN5CCOCC5)CSc5ccccc5)c(S(=O)(=O)C(F)(F)F)c4)cc3)CC2)C1. The number of allylic oxidation sites excluding steroid dienone is 1. The average molecular weight is 1170 g/mol. The Kier molecular flexibility index (Phi) is 19.8. The number of carbonyl (C=O) groups is 2. The fourth-order valence-electron chi connectivity index (χ4n) is 10.5. The average Bonchev–Trinajstić information content (AvgIpc) is 3.46. The van der Waals surface area contributed by atoms with Crippen LogP contribution in [0.1, 0.15) is 75.7 Å². The highest BCUT2D eigenvalue weighted by Crippen LogP contribution is 2.46. The summed E-state index contributed by atoms with van der Waals surface area (Å²) in [4.78, 5) is 36.1. The minimum atomic E-state index is -6.08. The number of piperazine rings is 2. The number of ether oxygens (including phenoxy) is 2. The molecule has 1 aliphatic carbocycles. The minimum absolute atomic E-state index is 0.0171. The van der Waals surface area contributed by atoms with Crippen LogP contribution in [-0.2, 0) is 29.3 Å². The second kappa shape index (κ2) is 25.9. The summed E-state index contributed by atoms with van der Waals surface area (Å²) >= 11 is 7.77. The van der Waals surface area contributed by atoms with Gasteiger partial charge in [0, 0.05) is 112 Å². The molecule has 15 nitrogen and oxygen atoms in total. The van der Waals surface area contributed by atoms with Crippen molar-refractivity contribution in [2.24, 2.45) is 5.41 Å². The number of amides is 2. The molecule has 3 saturated heterocycles. The van der Waals surface area contributed by atoms with Crippen LogP contribution in [0.3, 0.4) is 0 Å². The number of anilines is 2. The molecule has 79 heavy (non-hydrogen) atoms. The van der Waals surface area contributed by atoms with Gasteiger partial charge in [0.2, 0.25) is 0 Å². The number of morpholine rings is 1. The molecule has 0 bridgehead atoms. The molecule has 0 spiro atoms. The lowest BCUT2D eigenvalue weighted by Crippen LogP contribution is -2.50. The Bertz CT molecular complexity index is 2980. The zero-order chi connectivity index (χ0) is 56.6. The normalized spacial score (nSPS) is 20.0. The van der Waals surface area contributed by atoms with Gasteiger partial charge in [0.15, 0.2) is 0 Å². The van der Waals surface area contributed by atoms with Crippen LogP contribution < -0.4 is 14.9 Å². The van der Waals surface area contributed by atoms with Crippen LogP contribution in [0.4, 0.5) is 29.3 Å². The van der Waals surface area contributed by atoms with E-state index in [1.165, 1.54) is 40.6 Å². The topological polar surface area (TPSA) is 161 Å². The highest BCUT2D eigenvalue weighted by molar-refractivity contribution is 7.99. The van der Waals surface area contributed by atoms with E-state index in [0.29, 0.717) is 82.3 Å². The van der Waals surface area contributed by atoms with E-state index in [1.54, 1.807) is 17.0 Å². The highest BCUT2D eigenvalue weighted by atomic mass is 35.5. The number of nitrogens with one attached hydrogen (secondary N) is 2. The lowest BCUT2D eigenvalue weighted by atomic mass is 9.69. The Morgan fingerprint density at radius 2 is 1.44 bits per heavy atom. The van der Waals surface area contributed by atoms with E-state index < -0.39 is 58.4 Å². The third-order valence-corrected chi connectivity index (χ3v) is 19.4. The summed E-state index contributed by atoms with van der Waals surface area (Å²) in [6.07, 6.45) is 4.19. The van der Waals surface area contributed by atoms with E-state index in [2.05, 4.69) is 44.0 Å². The predicted molar refractivity (Wildman–Crippen MR) is 305 cm³/mol. The van der Waals surface area contributed by atoms with Crippen molar-refractivity contribution < 1.29 is 49.1 Å². The van der Waals surface area contributed by atoms with Gasteiger partial charge in [-0.2, -0.15) is 13.2 Å². The molecule has 0 aromatic heterocycles. The van der Waals surface area contributed by atoms with Gasteiger partial charge >= 0.3 is 11.6 Å². The van der Waals surface area contributed by atoms with Crippen molar-refractivity contribution in [3.05, 3.63) is 119 Å². The fourth-order valence-corrected chi connectivity index (χ4v) is 13.7. The van der Waals surface area contributed by atoms with Gasteiger partial charge in [-0.1, -0.05) is 54.4 Å². The van der Waals surface area contributed by atoms with Gasteiger partial charge in [0.05, 0.1) is 23.8 Å². The number of thioether (sulfide) groups is 1. The molecule has 3 aliphatic heterocycles. The number of rotatable bonds is 19. The first-order valence-corrected chi connectivity index (χ1v) is 31.3. The van der Waals surface area contributed by atoms with Gasteiger partial charge in [-0.3, -0.25) is 19.5 Å². The number of carbonyl (C=O) groups excluding carboxylic acids is 2. The maximum atomic E-state index is 14.3. The quantitative estimate of drug-likeness (QED) is 0.0854. The summed E-state index contributed by atoms with van der Waals surface area (Å²) in [6, 6.07) is 25.8. The molecule has 8 rings (SSSR count). The van der Waals surface area contributed by atoms with Crippen LogP contribution in [0.15, 0.2) is 117 Å². The van der Waals surface area contributed by atoms with Crippen LogP contribution in [-0.4, -0.2) is 170 Å². The van der Waals surface area contributed by atoms with E-state index in [9.17, 15) is 39.6 Å². The summed E-state index contributed by atoms with van der Waals surface area (Å²) in [7, 11) is -11.0. The van der Waals surface area contributed by atoms with E-state index in [-0.39, 0.29) is 17.1 Å². The lowest BCUT2D eigenvalue weighted by Gasteiger charge is -2.42. The van der Waals surface area contributed by atoms with Gasteiger partial charge in [-0.05, 0) is 143 Å². The molecule has 430 valence electrons. The summed E-state index contributed by atoms with van der Waals surface area (Å²) in [5.74, 6) is -0.678. The molecule has 4 aliphatic rings. The number of benzene rings is 4. The van der Waals surface area contributed by atoms with E-state index in [1.807, 2.05) is 68.0 Å². The number of halogens is 4. The number of sulfone groups is 1. The Hall–Kier alpha value is -4.87. The van der Waals surface area contributed by atoms with Crippen LogP contribution in [0.25, 0.3) is 5.57 Å². The van der Waals surface area contributed by atoms with Crippen molar-refractivity contribution in [2.45, 2.75) is 91.6 Å². The van der Waals surface area contributed by atoms with Crippen molar-refractivity contribution in [1.29, 1.82) is 0 Å². The molecule has 0 saturated carbocycles. The predicted octanol–water partition coefficient (Wildman–Crippen LogP) is 9.76. The summed E-state index contributed by atoms with van der Waals surface area (Å²) in [5.41, 5.74) is -1.81. The maximum absolute atomic E-state index is 14.3. The molecule has 2 N–H and O–H groups in total. The molecular weight excluding hydrogens is 1100 g/mol. The molecule has 4 aromatic carbocycles. The largest absolute Gasteiger partial charge is 0.501 e. The Morgan fingerprint density at radius 1 is 0.797 bits per heavy atom. The molecule has 1 unspecified atom stereocenters. The highest BCUT2D eigenvalue weighted by Gasteiger charge is 2.48. The molecule has 0 radical (unpaired) electrons. The van der Waals surface area contributed by atoms with Crippen LogP contribution >= 0.6 is 23.4 Å². The maximum Gasteiger partial charge on any atom is 0.501 e. The van der Waals surface area contributed by atoms with Gasteiger partial charge in [0.1, 0.15) is 10.5 Å². The zero-order valence-electron chi connectivity index (χ0n) is 45.4. The fraction of sp³-hybridized carbons (Fsp3) is 0.509. The summed E-state index contributed by atoms with van der Waals surface area (Å²) in [5, 5.41) is 3.69. The van der Waals surface area contributed by atoms with Crippen molar-refractivity contribution in [3.8, 4) is 0 Å². The second-order valence-corrected chi connectivity index (χ2v) is 27.3. The molecule has 3 heterocycles. The molecule has 3 fully saturated rings. The molecular formula is C57H73ClF3N7O8S3. The number of nitrogens with zero attached hydrogens (tertiary/aromatic N) is 5. The second-order valence-electron chi connectivity index (χ2n) is 22.2. The molecule has 22 heteroatoms. The molecule has 2 amide bonds. The minimum Gasteiger partial charge on any atom is -0.444 e. The van der Waals surface area contributed by atoms with Crippen LogP contribution in [0.2, 0.25) is 5.02 Å². The Balaban J connectivity index is 0.890. The van der Waals surface area contributed by atoms with Gasteiger partial charge in [-0.25, -0.2) is 26.4 Å². The Morgan fingerprint density at radius 3 is 2.09 bits per heavy atom. The lowest BCUT2D eigenvalue weighted by molar-refractivity contribution is -0.0436. The van der Waals surface area contributed by atoms with E-state index >= 15 is 0 Å². The van der Waals surface area contributed by atoms with Crippen LogP contribution in [0, 0.1) is 5.41 Å². The first-order chi connectivity index (χ1) is 37.4. The van der Waals surface area contributed by atoms with Crippen molar-refractivity contribution in [1.82, 2.24) is 24.3 Å². The number of hydrogen-bond acceptors (Lipinski definition) is 14. The van der Waals surface area contributed by atoms with Crippen molar-refractivity contribution in [3.63, 3.8) is 0 Å². The molecule has 4 aromatic rings.